The Morgan fingerprint density at radius 3 is 2.38 bits per heavy atom. The van der Waals surface area contributed by atoms with E-state index in [4.69, 9.17) is 22.1 Å². The fourth-order valence-electron chi connectivity index (χ4n) is 6.63. The van der Waals surface area contributed by atoms with Gasteiger partial charge in [0.2, 0.25) is 17.6 Å². The Morgan fingerprint density at radius 2 is 1.82 bits per heavy atom. The van der Waals surface area contributed by atoms with Gasteiger partial charge in [0.05, 0.1) is 16.3 Å². The molecule has 3 aliphatic rings. The van der Waals surface area contributed by atoms with E-state index in [1.807, 2.05) is 0 Å². The van der Waals surface area contributed by atoms with E-state index in [2.05, 4.69) is 27.8 Å². The summed E-state index contributed by atoms with van der Waals surface area (Å²) in [4.78, 5) is 93.7. The highest BCUT2D eigenvalue weighted by atomic mass is 35.5. The number of carbonyl (C=O) groups is 7. The van der Waals surface area contributed by atoms with Gasteiger partial charge in [-0.3, -0.25) is 24.0 Å². The van der Waals surface area contributed by atoms with Crippen molar-refractivity contribution in [3.8, 4) is 11.5 Å². The van der Waals surface area contributed by atoms with Gasteiger partial charge in [0.15, 0.2) is 11.5 Å². The second-order valence-corrected chi connectivity index (χ2v) is 14.2. The van der Waals surface area contributed by atoms with Crippen LogP contribution in [-0.2, 0) is 33.6 Å². The number of nitrogens with one attached hydrogen (secondary N) is 4. The summed E-state index contributed by atoms with van der Waals surface area (Å²) < 4.78 is 6.28. The number of hydrogen-bond acceptors (Lipinski definition) is 12. The molecular formula is C36H43ClN6O12. The number of aliphatic hydroxyl groups is 1. The lowest BCUT2D eigenvalue weighted by molar-refractivity contribution is -0.146. The number of nitrogens with two attached hydrogens (primary N) is 1. The van der Waals surface area contributed by atoms with Crippen LogP contribution >= 0.6 is 11.6 Å². The first-order chi connectivity index (χ1) is 25.6. The third-order valence-electron chi connectivity index (χ3n) is 9.87. The number of phenols is 1. The standard InChI is InChI=1S/C36H43ClN6O12/c1-7-35(5)28(42-31(50)23(15(2)3)40-32(51)25(39-6)26(46)17-11-19(37)27(47)21(12-17)55-35)33(52)43-10-8-9-20(43)30(49)41-24-16(4)14-36(38,29(24)48)18(34(53)54)13-22(44)45/h8-9,11-13,20,23,25-26,28,39,46-47H,2,7,10,14,38H2,1,3-6H3,(H,40,51)(H,41,49)(H,42,50)(H,44,45)(H,53,54)/b18-13+/t20-,23-,25-,26-,28?,35+,36?/m0/s1. The van der Waals surface area contributed by atoms with Crippen LogP contribution < -0.4 is 31.7 Å². The number of ether oxygens (including phenoxy) is 1. The molecule has 2 bridgehead atoms. The van der Waals surface area contributed by atoms with Gasteiger partial charge in [-0.25, -0.2) is 9.59 Å². The summed E-state index contributed by atoms with van der Waals surface area (Å²) in [5.41, 5.74) is 1.16. The van der Waals surface area contributed by atoms with Gasteiger partial charge in [-0.15, -0.1) is 0 Å². The molecule has 4 amide bonds. The number of Topliss-reactive ketones (excluding diaryl/α,β-unsaturated/α-hetero) is 1. The lowest BCUT2D eigenvalue weighted by Crippen LogP contribution is -2.65. The Bertz CT molecular complexity index is 1960. The van der Waals surface area contributed by atoms with Crippen molar-refractivity contribution in [3.63, 3.8) is 0 Å². The first kappa shape index (κ1) is 42.2. The van der Waals surface area contributed by atoms with E-state index in [9.17, 15) is 54.0 Å². The van der Waals surface area contributed by atoms with E-state index in [1.165, 1.54) is 52.1 Å². The molecule has 1 aliphatic carbocycles. The van der Waals surface area contributed by atoms with Crippen molar-refractivity contribution in [2.45, 2.75) is 81.9 Å². The summed E-state index contributed by atoms with van der Waals surface area (Å²) in [5.74, 6) is -8.90. The maximum atomic E-state index is 14.7. The number of carboxylic acid groups (broad SMARTS) is 2. The Balaban J connectivity index is 1.75. The fourth-order valence-corrected chi connectivity index (χ4v) is 6.85. The zero-order chi connectivity index (χ0) is 41.3. The summed E-state index contributed by atoms with van der Waals surface area (Å²) >= 11 is 6.33. The van der Waals surface area contributed by atoms with Crippen LogP contribution in [0.2, 0.25) is 5.02 Å². The molecule has 1 aromatic carbocycles. The van der Waals surface area contributed by atoms with Gasteiger partial charge in [0.1, 0.15) is 41.4 Å². The summed E-state index contributed by atoms with van der Waals surface area (Å²) in [5, 5.41) is 51.0. The number of fused-ring (bicyclic) bond motifs is 2. The number of phenolic OH excluding ortho intramolecular Hbond substituents is 1. The molecular weight excluding hydrogens is 744 g/mol. The number of amides is 4. The molecule has 2 unspecified atom stereocenters. The molecule has 19 heteroatoms. The quantitative estimate of drug-likeness (QED) is 0.115. The number of likely N-dealkylation sites (N-methyl/N-ethyl adjacent to an activating group) is 1. The summed E-state index contributed by atoms with van der Waals surface area (Å²) in [6, 6.07) is -3.39. The second-order valence-electron chi connectivity index (χ2n) is 13.7. The smallest absolute Gasteiger partial charge is 0.334 e. The van der Waals surface area contributed by atoms with Crippen LogP contribution in [0.15, 0.2) is 59.4 Å². The highest BCUT2D eigenvalue weighted by Gasteiger charge is 2.51. The minimum Gasteiger partial charge on any atom is -0.503 e. The van der Waals surface area contributed by atoms with Crippen LogP contribution in [0.25, 0.3) is 0 Å². The fraction of sp³-hybridized carbons (Fsp3) is 0.417. The van der Waals surface area contributed by atoms with Crippen LogP contribution in [0.3, 0.4) is 0 Å². The maximum absolute atomic E-state index is 14.7. The lowest BCUT2D eigenvalue weighted by atomic mass is 9.85. The van der Waals surface area contributed by atoms with E-state index < -0.39 is 101 Å². The average Bonchev–Trinajstić information content (AvgIpc) is 3.69. The molecule has 0 fully saturated rings. The van der Waals surface area contributed by atoms with Crippen molar-refractivity contribution in [3.05, 3.63) is 69.9 Å². The number of hydrogen-bond donors (Lipinski definition) is 9. The van der Waals surface area contributed by atoms with Gasteiger partial charge in [0, 0.05) is 19.0 Å². The number of carbonyl (C=O) groups excluding carboxylic acids is 5. The Morgan fingerprint density at radius 1 is 1.16 bits per heavy atom. The zero-order valence-corrected chi connectivity index (χ0v) is 31.3. The maximum Gasteiger partial charge on any atom is 0.334 e. The third kappa shape index (κ3) is 8.12. The number of halogens is 1. The number of carboxylic acids is 2. The molecule has 0 saturated carbocycles. The van der Waals surface area contributed by atoms with Crippen LogP contribution in [0.1, 0.15) is 52.2 Å². The summed E-state index contributed by atoms with van der Waals surface area (Å²) in [6.07, 6.45) is 1.10. The van der Waals surface area contributed by atoms with E-state index in [0.29, 0.717) is 6.08 Å². The molecule has 7 atom stereocenters. The first-order valence-electron chi connectivity index (χ1n) is 16.9. The number of aliphatic hydroxyl groups excluding tert-OH is 1. The number of nitrogens with zero attached hydrogens (tertiary/aromatic N) is 1. The number of rotatable bonds is 9. The molecule has 2 heterocycles. The van der Waals surface area contributed by atoms with Gasteiger partial charge < -0.3 is 57.1 Å². The lowest BCUT2D eigenvalue weighted by Gasteiger charge is -2.40. The van der Waals surface area contributed by atoms with Crippen LogP contribution in [0.4, 0.5) is 0 Å². The molecule has 18 nitrogen and oxygen atoms in total. The van der Waals surface area contributed by atoms with Gasteiger partial charge in [-0.2, -0.15) is 0 Å². The Labute approximate surface area is 320 Å². The van der Waals surface area contributed by atoms with Crippen molar-refractivity contribution < 1.29 is 58.7 Å². The SMILES string of the molecule is C=C(C)[C@@H]1NC(=O)[C@@H](NC)[C@@H](O)c2cc(Cl)c(O)c(c2)O[C@](C)(CC)C(C(=O)N2CC=C[C@H]2C(=O)NC2=C(C)CC(N)(/C(=C/C(=O)O)C(=O)O)C2=O)NC1=O. The van der Waals surface area contributed by atoms with E-state index >= 15 is 0 Å². The molecule has 0 aromatic heterocycles. The normalized spacial score (nSPS) is 28.7. The topological polar surface area (TPSA) is 287 Å². The average molecular weight is 787 g/mol. The van der Waals surface area contributed by atoms with Crippen LogP contribution in [-0.4, -0.2) is 116 Å². The summed E-state index contributed by atoms with van der Waals surface area (Å²) in [7, 11) is 1.40. The molecule has 0 spiro atoms. The number of aromatic hydroxyl groups is 1. The van der Waals surface area contributed by atoms with E-state index in [1.54, 1.807) is 6.92 Å². The Kier molecular flexibility index (Phi) is 12.3. The summed E-state index contributed by atoms with van der Waals surface area (Å²) in [6.45, 7) is 9.55. The molecule has 55 heavy (non-hydrogen) atoms. The Hall–Kier alpha value is -5.56. The van der Waals surface area contributed by atoms with Crippen LogP contribution in [0, 0.1) is 0 Å². The highest BCUT2D eigenvalue weighted by molar-refractivity contribution is 6.32. The van der Waals surface area contributed by atoms with Crippen LogP contribution in [0.5, 0.6) is 11.5 Å². The predicted octanol–water partition coefficient (Wildman–Crippen LogP) is -0.303. The molecule has 2 aliphatic heterocycles. The van der Waals surface area contributed by atoms with Crippen molar-refractivity contribution in [2.75, 3.05) is 13.6 Å². The van der Waals surface area contributed by atoms with Crippen molar-refractivity contribution in [1.29, 1.82) is 0 Å². The minimum atomic E-state index is -2.32. The minimum absolute atomic E-state index is 0.0240. The highest BCUT2D eigenvalue weighted by Crippen LogP contribution is 2.41. The number of benzene rings is 1. The largest absolute Gasteiger partial charge is 0.503 e. The predicted molar refractivity (Wildman–Crippen MR) is 194 cm³/mol. The van der Waals surface area contributed by atoms with Gasteiger partial charge in [0.25, 0.3) is 11.8 Å². The van der Waals surface area contributed by atoms with E-state index in [0.717, 1.165) is 4.90 Å². The second kappa shape index (κ2) is 16.0. The van der Waals surface area contributed by atoms with Crippen molar-refractivity contribution in [2.24, 2.45) is 5.73 Å². The number of aliphatic carboxylic acids is 2. The molecule has 10 N–H and O–H groups in total. The first-order valence-corrected chi connectivity index (χ1v) is 17.3. The van der Waals surface area contributed by atoms with Crippen molar-refractivity contribution >= 4 is 53.0 Å². The molecule has 1 aromatic rings. The van der Waals surface area contributed by atoms with Gasteiger partial charge >= 0.3 is 11.9 Å². The third-order valence-corrected chi connectivity index (χ3v) is 10.2. The van der Waals surface area contributed by atoms with E-state index in [-0.39, 0.29) is 46.1 Å². The molecule has 0 saturated heterocycles. The molecule has 4 rings (SSSR count). The zero-order valence-electron chi connectivity index (χ0n) is 30.6. The van der Waals surface area contributed by atoms with Crippen molar-refractivity contribution in [1.82, 2.24) is 26.2 Å². The molecule has 0 radical (unpaired) electrons. The van der Waals surface area contributed by atoms with Gasteiger partial charge in [-0.05, 0) is 63.1 Å². The monoisotopic (exact) mass is 786 g/mol. The van der Waals surface area contributed by atoms with Gasteiger partial charge in [-0.1, -0.05) is 37.3 Å². The molecule has 296 valence electrons. The number of ketones is 1.